The van der Waals surface area contributed by atoms with Gasteiger partial charge in [-0.3, -0.25) is 4.79 Å². The molecule has 1 aromatic heterocycles. The smallest absolute Gasteiger partial charge is 0.248 e. The Labute approximate surface area is 59.3 Å². The van der Waals surface area contributed by atoms with Gasteiger partial charge in [0.15, 0.2) is 0 Å². The Morgan fingerprint density at radius 1 is 1.56 bits per heavy atom. The van der Waals surface area contributed by atoms with E-state index in [1.807, 2.05) is 13.0 Å². The minimum atomic E-state index is -0.0370. The van der Waals surface area contributed by atoms with E-state index in [0.29, 0.717) is 0 Å². The van der Waals surface area contributed by atoms with Gasteiger partial charge in [0.1, 0.15) is 0 Å². The first-order valence-electron chi connectivity index (χ1n) is 2.44. The molecule has 0 saturated heterocycles. The fourth-order valence-corrected chi connectivity index (χ4v) is 0.552. The van der Waals surface area contributed by atoms with Crippen molar-refractivity contribution in [2.45, 2.75) is 6.92 Å². The van der Waals surface area contributed by atoms with Crippen LogP contribution in [0.2, 0.25) is 0 Å². The van der Waals surface area contributed by atoms with Crippen LogP contribution in [0.3, 0.4) is 0 Å². The van der Waals surface area contributed by atoms with Gasteiger partial charge >= 0.3 is 0 Å². The van der Waals surface area contributed by atoms with E-state index in [1.165, 1.54) is 0 Å². The maximum absolute atomic E-state index is 10.4. The van der Waals surface area contributed by atoms with Gasteiger partial charge in [-0.2, -0.15) is 0 Å². The number of pyridine rings is 1. The Hall–Kier alpha value is -0.760. The fraction of sp³-hybridized carbons (Fsp3) is 0.167. The summed E-state index contributed by atoms with van der Waals surface area (Å²) in [4.78, 5) is 13.0. The number of aromatic amines is 1. The first kappa shape index (κ1) is 8.24. The molecule has 1 aromatic rings. The predicted molar refractivity (Wildman–Crippen MR) is 39.0 cm³/mol. The molecule has 0 amide bonds. The Balaban J connectivity index is 0.000000640. The first-order chi connectivity index (χ1) is 3.79. The van der Waals surface area contributed by atoms with E-state index in [0.717, 1.165) is 5.56 Å². The molecule has 0 spiro atoms. The van der Waals surface area contributed by atoms with Crippen LogP contribution in [-0.4, -0.2) is 4.98 Å². The van der Waals surface area contributed by atoms with E-state index < -0.39 is 0 Å². The highest BCUT2D eigenvalue weighted by Crippen LogP contribution is 1.84. The molecule has 50 valence electrons. The van der Waals surface area contributed by atoms with Gasteiger partial charge in [0.2, 0.25) is 5.56 Å². The third kappa shape index (κ3) is 2.33. The fourth-order valence-electron chi connectivity index (χ4n) is 0.552. The summed E-state index contributed by atoms with van der Waals surface area (Å²) >= 11 is 0. The van der Waals surface area contributed by atoms with Crippen LogP contribution in [-0.2, 0) is 0 Å². The Kier molecular flexibility index (Phi) is 3.02. The molecule has 9 heavy (non-hydrogen) atoms. The SMILES string of the molecule is Cc1cc[nH]c(=O)c1.Cl. The standard InChI is InChI=1S/C6H7NO.ClH/c1-5-2-3-7-6(8)4-5;/h2-4H,1H3,(H,7,8);1H. The molecular weight excluding hydrogens is 138 g/mol. The van der Waals surface area contributed by atoms with E-state index in [9.17, 15) is 4.79 Å². The third-order valence-corrected chi connectivity index (χ3v) is 0.931. The third-order valence-electron chi connectivity index (χ3n) is 0.931. The van der Waals surface area contributed by atoms with E-state index in [1.54, 1.807) is 12.3 Å². The molecule has 0 aliphatic rings. The summed E-state index contributed by atoms with van der Waals surface area (Å²) in [5, 5.41) is 0. The summed E-state index contributed by atoms with van der Waals surface area (Å²) in [5.74, 6) is 0. The van der Waals surface area contributed by atoms with Crippen LogP contribution in [0.5, 0.6) is 0 Å². The van der Waals surface area contributed by atoms with Gasteiger partial charge in [-0.1, -0.05) is 0 Å². The Morgan fingerprint density at radius 3 is 2.56 bits per heavy atom. The second-order valence-electron chi connectivity index (χ2n) is 1.73. The van der Waals surface area contributed by atoms with Gasteiger partial charge < -0.3 is 4.98 Å². The summed E-state index contributed by atoms with van der Waals surface area (Å²) in [6.07, 6.45) is 1.64. The zero-order valence-electron chi connectivity index (χ0n) is 5.05. The molecule has 3 heteroatoms. The maximum atomic E-state index is 10.4. The van der Waals surface area contributed by atoms with Crippen LogP contribution in [0.1, 0.15) is 5.56 Å². The number of H-pyrrole nitrogens is 1. The van der Waals surface area contributed by atoms with Gasteiger partial charge in [-0.05, 0) is 18.6 Å². The summed E-state index contributed by atoms with van der Waals surface area (Å²) in [5.41, 5.74) is 0.957. The highest BCUT2D eigenvalue weighted by molar-refractivity contribution is 5.85. The summed E-state index contributed by atoms with van der Waals surface area (Å²) in [6.45, 7) is 1.88. The van der Waals surface area contributed by atoms with Crippen molar-refractivity contribution in [1.82, 2.24) is 4.98 Å². The minimum absolute atomic E-state index is 0. The van der Waals surface area contributed by atoms with Crippen LogP contribution in [0.15, 0.2) is 23.1 Å². The molecule has 0 fully saturated rings. The molecule has 0 atom stereocenters. The Bertz CT molecular complexity index is 230. The molecule has 2 nitrogen and oxygen atoms in total. The van der Waals surface area contributed by atoms with Crippen molar-refractivity contribution < 1.29 is 0 Å². The number of aromatic nitrogens is 1. The normalized spacial score (nSPS) is 8.11. The molecule has 1 N–H and O–H groups in total. The number of rotatable bonds is 0. The average molecular weight is 146 g/mol. The van der Waals surface area contributed by atoms with Gasteiger partial charge in [0, 0.05) is 12.3 Å². The molecular formula is C6H8ClNO. The predicted octanol–water partition coefficient (Wildman–Crippen LogP) is 1.11. The van der Waals surface area contributed by atoms with E-state index in [-0.39, 0.29) is 18.0 Å². The second-order valence-corrected chi connectivity index (χ2v) is 1.73. The average Bonchev–Trinajstić information content (AvgIpc) is 1.64. The molecule has 0 aliphatic heterocycles. The zero-order valence-corrected chi connectivity index (χ0v) is 5.87. The summed E-state index contributed by atoms with van der Waals surface area (Å²) in [6, 6.07) is 3.40. The van der Waals surface area contributed by atoms with Crippen molar-refractivity contribution in [1.29, 1.82) is 0 Å². The summed E-state index contributed by atoms with van der Waals surface area (Å²) in [7, 11) is 0. The van der Waals surface area contributed by atoms with E-state index >= 15 is 0 Å². The number of hydrogen-bond acceptors (Lipinski definition) is 1. The zero-order chi connectivity index (χ0) is 5.98. The maximum Gasteiger partial charge on any atom is 0.248 e. The monoisotopic (exact) mass is 145 g/mol. The van der Waals surface area contributed by atoms with E-state index in [4.69, 9.17) is 0 Å². The largest absolute Gasteiger partial charge is 0.329 e. The minimum Gasteiger partial charge on any atom is -0.329 e. The first-order valence-corrected chi connectivity index (χ1v) is 2.44. The van der Waals surface area contributed by atoms with Crippen molar-refractivity contribution >= 4 is 12.4 Å². The molecule has 0 aliphatic carbocycles. The van der Waals surface area contributed by atoms with Crippen molar-refractivity contribution in [2.24, 2.45) is 0 Å². The molecule has 0 unspecified atom stereocenters. The lowest BCUT2D eigenvalue weighted by atomic mass is 10.3. The van der Waals surface area contributed by atoms with Gasteiger partial charge in [0.25, 0.3) is 0 Å². The van der Waals surface area contributed by atoms with Crippen molar-refractivity contribution in [3.05, 3.63) is 34.2 Å². The van der Waals surface area contributed by atoms with Crippen LogP contribution >= 0.6 is 12.4 Å². The molecule has 1 heterocycles. The molecule has 0 aromatic carbocycles. The lowest BCUT2D eigenvalue weighted by molar-refractivity contribution is 1.21. The van der Waals surface area contributed by atoms with Gasteiger partial charge in [0.05, 0.1) is 0 Å². The van der Waals surface area contributed by atoms with Crippen molar-refractivity contribution in [2.75, 3.05) is 0 Å². The number of halogens is 1. The molecule has 0 saturated carbocycles. The lowest BCUT2D eigenvalue weighted by Gasteiger charge is -1.83. The molecule has 0 radical (unpaired) electrons. The van der Waals surface area contributed by atoms with Crippen LogP contribution in [0.25, 0.3) is 0 Å². The second kappa shape index (κ2) is 3.30. The van der Waals surface area contributed by atoms with Crippen LogP contribution < -0.4 is 5.56 Å². The van der Waals surface area contributed by atoms with Crippen molar-refractivity contribution in [3.8, 4) is 0 Å². The molecule has 1 rings (SSSR count). The van der Waals surface area contributed by atoms with E-state index in [2.05, 4.69) is 4.98 Å². The van der Waals surface area contributed by atoms with Gasteiger partial charge in [-0.25, -0.2) is 0 Å². The van der Waals surface area contributed by atoms with Crippen molar-refractivity contribution in [3.63, 3.8) is 0 Å². The lowest BCUT2D eigenvalue weighted by Crippen LogP contribution is -2.01. The van der Waals surface area contributed by atoms with Crippen LogP contribution in [0.4, 0.5) is 0 Å². The van der Waals surface area contributed by atoms with Crippen LogP contribution in [0, 0.1) is 6.92 Å². The topological polar surface area (TPSA) is 32.9 Å². The molecule has 0 bridgehead atoms. The highest BCUT2D eigenvalue weighted by atomic mass is 35.5. The number of aryl methyl sites for hydroxylation is 1. The Morgan fingerprint density at radius 2 is 2.22 bits per heavy atom. The summed E-state index contributed by atoms with van der Waals surface area (Å²) < 4.78 is 0. The van der Waals surface area contributed by atoms with Gasteiger partial charge in [-0.15, -0.1) is 12.4 Å². The number of nitrogens with one attached hydrogen (secondary N) is 1. The highest BCUT2D eigenvalue weighted by Gasteiger charge is 1.80. The number of hydrogen-bond donors (Lipinski definition) is 1. The quantitative estimate of drug-likeness (QED) is 0.583.